The molecule has 2 rings (SSSR count). The summed E-state index contributed by atoms with van der Waals surface area (Å²) in [6.07, 6.45) is 1.42. The fourth-order valence-corrected chi connectivity index (χ4v) is 3.67. The Labute approximate surface area is 117 Å². The second-order valence-corrected chi connectivity index (χ2v) is 6.59. The first-order valence-corrected chi connectivity index (χ1v) is 7.59. The number of carboxylic acid groups (broad SMARTS) is 1. The van der Waals surface area contributed by atoms with E-state index in [0.29, 0.717) is 0 Å². The normalized spacial score (nSPS) is 11.2. The molecule has 0 amide bonds. The van der Waals surface area contributed by atoms with Crippen LogP contribution in [-0.2, 0) is 10.0 Å². The average molecular weight is 319 g/mol. The van der Waals surface area contributed by atoms with E-state index < -0.39 is 16.0 Å². The highest BCUT2D eigenvalue weighted by molar-refractivity contribution is 7.94. The van der Waals surface area contributed by atoms with Gasteiger partial charge in [-0.3, -0.25) is 4.72 Å². The molecule has 0 aliphatic rings. The first-order valence-electron chi connectivity index (χ1n) is 4.85. The van der Waals surface area contributed by atoms with Crippen LogP contribution in [0.1, 0.15) is 10.4 Å². The Balaban J connectivity index is 2.32. The lowest BCUT2D eigenvalue weighted by atomic mass is 10.4. The van der Waals surface area contributed by atoms with Crippen molar-refractivity contribution in [2.24, 2.45) is 0 Å². The Kier molecular flexibility index (Phi) is 3.74. The van der Waals surface area contributed by atoms with Gasteiger partial charge in [0.25, 0.3) is 10.0 Å². The zero-order valence-electron chi connectivity index (χ0n) is 9.20. The molecule has 9 heteroatoms. The molecule has 0 aromatic carbocycles. The largest absolute Gasteiger partial charge is 0.478 e. The minimum Gasteiger partial charge on any atom is -0.478 e. The van der Waals surface area contributed by atoms with Gasteiger partial charge in [-0.05, 0) is 18.2 Å². The summed E-state index contributed by atoms with van der Waals surface area (Å²) in [6, 6.07) is 4.07. The predicted octanol–water partition coefficient (Wildman–Crippen LogP) is 2.30. The predicted molar refractivity (Wildman–Crippen MR) is 71.3 cm³/mol. The van der Waals surface area contributed by atoms with Gasteiger partial charge >= 0.3 is 5.97 Å². The van der Waals surface area contributed by atoms with Gasteiger partial charge in [0.1, 0.15) is 4.21 Å². The fraction of sp³-hybridized carbons (Fsp3) is 0. The van der Waals surface area contributed by atoms with E-state index in [2.05, 4.69) is 9.71 Å². The summed E-state index contributed by atoms with van der Waals surface area (Å²) in [5.74, 6) is -1.18. The number of halogens is 1. The number of pyridine rings is 1. The van der Waals surface area contributed by atoms with Gasteiger partial charge in [-0.1, -0.05) is 11.6 Å². The highest BCUT2D eigenvalue weighted by Gasteiger charge is 2.20. The Hall–Kier alpha value is -1.64. The van der Waals surface area contributed by atoms with Crippen molar-refractivity contribution < 1.29 is 18.3 Å². The third kappa shape index (κ3) is 3.03. The molecule has 100 valence electrons. The minimum atomic E-state index is -3.87. The fourth-order valence-electron chi connectivity index (χ4n) is 1.23. The molecule has 6 nitrogen and oxygen atoms in total. The quantitative estimate of drug-likeness (QED) is 0.843. The van der Waals surface area contributed by atoms with Crippen LogP contribution in [0.4, 0.5) is 5.69 Å². The zero-order chi connectivity index (χ0) is 14.0. The third-order valence-corrected chi connectivity index (χ3v) is 5.20. The van der Waals surface area contributed by atoms with Gasteiger partial charge in [-0.15, -0.1) is 11.3 Å². The summed E-state index contributed by atoms with van der Waals surface area (Å²) in [6.45, 7) is 0. The van der Waals surface area contributed by atoms with Crippen LogP contribution < -0.4 is 4.72 Å². The molecule has 0 unspecified atom stereocenters. The summed E-state index contributed by atoms with van der Waals surface area (Å²) in [7, 11) is -3.87. The number of thiophene rings is 1. The maximum absolute atomic E-state index is 12.0. The standard InChI is InChI=1S/C10H7ClN2O4S2/c11-9-7(2-1-3-12-9)13-19(16,17)8-4-6(5-18-8)10(14)15/h1-5,13H,(H,14,15). The number of carbonyl (C=O) groups is 1. The molecule has 0 fully saturated rings. The average Bonchev–Trinajstić information content (AvgIpc) is 2.82. The lowest BCUT2D eigenvalue weighted by molar-refractivity contribution is 0.0697. The summed E-state index contributed by atoms with van der Waals surface area (Å²) in [4.78, 5) is 14.5. The molecule has 2 N–H and O–H groups in total. The SMILES string of the molecule is O=C(O)c1csc(S(=O)(=O)Nc2cccnc2Cl)c1. The lowest BCUT2D eigenvalue weighted by Crippen LogP contribution is -2.12. The minimum absolute atomic E-state index is 0.0149. The van der Waals surface area contributed by atoms with Gasteiger partial charge in [-0.2, -0.15) is 0 Å². The molecule has 0 saturated carbocycles. The lowest BCUT2D eigenvalue weighted by Gasteiger charge is -2.06. The molecule has 0 aliphatic heterocycles. The number of nitrogens with zero attached hydrogens (tertiary/aromatic N) is 1. The number of carboxylic acids is 1. The zero-order valence-corrected chi connectivity index (χ0v) is 11.6. The van der Waals surface area contributed by atoms with Crippen molar-refractivity contribution in [1.29, 1.82) is 0 Å². The molecule has 0 atom stereocenters. The molecule has 0 radical (unpaired) electrons. The smallest absolute Gasteiger partial charge is 0.336 e. The van der Waals surface area contributed by atoms with Crippen molar-refractivity contribution in [3.05, 3.63) is 40.5 Å². The number of hydrogen-bond donors (Lipinski definition) is 2. The van der Waals surface area contributed by atoms with Crippen LogP contribution in [0, 0.1) is 0 Å². The van der Waals surface area contributed by atoms with Crippen molar-refractivity contribution in [2.75, 3.05) is 4.72 Å². The Bertz CT molecular complexity index is 727. The van der Waals surface area contributed by atoms with Crippen LogP contribution in [0.5, 0.6) is 0 Å². The first kappa shape index (κ1) is 13.8. The summed E-state index contributed by atoms with van der Waals surface area (Å²) >= 11 is 6.56. The van der Waals surface area contributed by atoms with E-state index in [1.165, 1.54) is 23.7 Å². The van der Waals surface area contributed by atoms with Gasteiger partial charge in [0, 0.05) is 11.6 Å². The number of aromatic nitrogens is 1. The number of rotatable bonds is 4. The molecular weight excluding hydrogens is 312 g/mol. The number of nitrogens with one attached hydrogen (secondary N) is 1. The van der Waals surface area contributed by atoms with Crippen molar-refractivity contribution in [3.63, 3.8) is 0 Å². The van der Waals surface area contributed by atoms with Crippen molar-refractivity contribution in [2.45, 2.75) is 4.21 Å². The van der Waals surface area contributed by atoms with E-state index in [1.807, 2.05) is 0 Å². The van der Waals surface area contributed by atoms with Gasteiger partial charge < -0.3 is 5.11 Å². The van der Waals surface area contributed by atoms with Gasteiger partial charge in [0.05, 0.1) is 11.3 Å². The van der Waals surface area contributed by atoms with Crippen LogP contribution in [0.25, 0.3) is 0 Å². The molecule has 2 aromatic heterocycles. The van der Waals surface area contributed by atoms with E-state index in [1.54, 1.807) is 0 Å². The molecule has 0 aliphatic carbocycles. The van der Waals surface area contributed by atoms with Crippen LogP contribution in [0.3, 0.4) is 0 Å². The highest BCUT2D eigenvalue weighted by atomic mass is 35.5. The number of aromatic carboxylic acids is 1. The highest BCUT2D eigenvalue weighted by Crippen LogP contribution is 2.25. The van der Waals surface area contributed by atoms with E-state index in [-0.39, 0.29) is 20.6 Å². The van der Waals surface area contributed by atoms with Gasteiger partial charge in [0.2, 0.25) is 0 Å². The van der Waals surface area contributed by atoms with E-state index in [0.717, 1.165) is 17.4 Å². The van der Waals surface area contributed by atoms with Crippen LogP contribution >= 0.6 is 22.9 Å². The Morgan fingerprint density at radius 1 is 1.47 bits per heavy atom. The number of anilines is 1. The van der Waals surface area contributed by atoms with Gasteiger partial charge in [0.15, 0.2) is 5.15 Å². The third-order valence-electron chi connectivity index (χ3n) is 2.09. The van der Waals surface area contributed by atoms with Crippen LogP contribution in [0.15, 0.2) is 34.0 Å². The Morgan fingerprint density at radius 2 is 2.21 bits per heavy atom. The van der Waals surface area contributed by atoms with E-state index in [4.69, 9.17) is 16.7 Å². The van der Waals surface area contributed by atoms with E-state index >= 15 is 0 Å². The van der Waals surface area contributed by atoms with Crippen molar-refractivity contribution >= 4 is 44.6 Å². The first-order chi connectivity index (χ1) is 8.90. The summed E-state index contributed by atoms with van der Waals surface area (Å²) in [5.41, 5.74) is 0.0529. The molecule has 19 heavy (non-hydrogen) atoms. The molecule has 2 heterocycles. The van der Waals surface area contributed by atoms with Crippen molar-refractivity contribution in [3.8, 4) is 0 Å². The maximum atomic E-state index is 12.0. The number of sulfonamides is 1. The maximum Gasteiger partial charge on any atom is 0.336 e. The Morgan fingerprint density at radius 3 is 2.79 bits per heavy atom. The van der Waals surface area contributed by atoms with Crippen LogP contribution in [-0.4, -0.2) is 24.5 Å². The van der Waals surface area contributed by atoms with Crippen molar-refractivity contribution in [1.82, 2.24) is 4.98 Å². The second-order valence-electron chi connectivity index (χ2n) is 3.41. The van der Waals surface area contributed by atoms with E-state index in [9.17, 15) is 13.2 Å². The molecule has 0 saturated heterocycles. The van der Waals surface area contributed by atoms with Gasteiger partial charge in [-0.25, -0.2) is 18.2 Å². The van der Waals surface area contributed by atoms with Crippen LogP contribution in [0.2, 0.25) is 5.15 Å². The molecule has 2 aromatic rings. The molecule has 0 spiro atoms. The molecule has 0 bridgehead atoms. The topological polar surface area (TPSA) is 96.4 Å². The second kappa shape index (κ2) is 5.16. The summed E-state index contributed by atoms with van der Waals surface area (Å²) < 4.78 is 26.2. The number of hydrogen-bond acceptors (Lipinski definition) is 5. The molecular formula is C10H7ClN2O4S2. The monoisotopic (exact) mass is 318 g/mol. The summed E-state index contributed by atoms with van der Waals surface area (Å²) in [5, 5.41) is 10.0.